The van der Waals surface area contributed by atoms with E-state index in [9.17, 15) is 19.2 Å². The first-order valence-corrected chi connectivity index (χ1v) is 10.9. The number of H-pyrrole nitrogens is 1. The van der Waals surface area contributed by atoms with E-state index in [-0.39, 0.29) is 42.2 Å². The summed E-state index contributed by atoms with van der Waals surface area (Å²) >= 11 is 0. The molecule has 0 bridgehead atoms. The number of anilines is 1. The maximum Gasteiger partial charge on any atom is 0.338 e. The Morgan fingerprint density at radius 3 is 2.14 bits per heavy atom. The molecule has 2 aromatic carbocycles. The smallest absolute Gasteiger partial charge is 0.338 e. The van der Waals surface area contributed by atoms with E-state index in [0.717, 1.165) is 0 Å². The minimum Gasteiger partial charge on any atom is -0.457 e. The van der Waals surface area contributed by atoms with E-state index in [2.05, 4.69) is 10.2 Å². The van der Waals surface area contributed by atoms with Crippen molar-refractivity contribution in [3.05, 3.63) is 85.8 Å². The molecule has 4 heterocycles. The van der Waals surface area contributed by atoms with Gasteiger partial charge >= 0.3 is 11.9 Å². The van der Waals surface area contributed by atoms with Gasteiger partial charge in [-0.25, -0.2) is 14.3 Å². The van der Waals surface area contributed by atoms with Gasteiger partial charge in [0.2, 0.25) is 0 Å². The van der Waals surface area contributed by atoms with E-state index in [1.807, 2.05) is 0 Å². The first-order valence-electron chi connectivity index (χ1n) is 10.9. The van der Waals surface area contributed by atoms with Gasteiger partial charge in [-0.05, 0) is 56.3 Å². The summed E-state index contributed by atoms with van der Waals surface area (Å²) in [6, 6.07) is 9.98. The maximum absolute atomic E-state index is 13.2. The number of cyclic esters (lactones) is 2. The second-order valence-electron chi connectivity index (χ2n) is 8.49. The minimum absolute atomic E-state index is 0.153. The number of esters is 2. The van der Waals surface area contributed by atoms with Gasteiger partial charge in [0, 0.05) is 16.8 Å². The molecule has 0 radical (unpaired) electrons. The molecule has 10 nitrogen and oxygen atoms in total. The molecule has 10 heteroatoms. The molecule has 0 unspecified atom stereocenters. The Hall–Kier alpha value is -4.73. The van der Waals surface area contributed by atoms with Gasteiger partial charge in [-0.3, -0.25) is 14.7 Å². The number of nitrogens with one attached hydrogen (secondary N) is 1. The van der Waals surface area contributed by atoms with E-state index < -0.39 is 0 Å². The fraction of sp³-hybridized carbons (Fsp3) is 0.160. The summed E-state index contributed by atoms with van der Waals surface area (Å²) in [5.74, 6) is -1.15. The molecule has 0 saturated carbocycles. The molecule has 0 fully saturated rings. The number of nitrogens with zero attached hydrogens (tertiary/aromatic N) is 3. The lowest BCUT2D eigenvalue weighted by molar-refractivity contribution is -0.114. The molecule has 1 aromatic heterocycles. The summed E-state index contributed by atoms with van der Waals surface area (Å²) in [5, 5.41) is 8.66. The predicted molar refractivity (Wildman–Crippen MR) is 124 cm³/mol. The Morgan fingerprint density at radius 1 is 0.886 bits per heavy atom. The average molecular weight is 470 g/mol. The molecule has 3 aliphatic rings. The molecule has 0 saturated heterocycles. The highest BCUT2D eigenvalue weighted by molar-refractivity contribution is 6.32. The van der Waals surface area contributed by atoms with Gasteiger partial charge in [-0.2, -0.15) is 10.1 Å². The number of aryl methyl sites for hydroxylation is 1. The second-order valence-corrected chi connectivity index (χ2v) is 8.49. The minimum atomic E-state index is -0.388. The number of carbonyl (C=O) groups is 3. The molecule has 35 heavy (non-hydrogen) atoms. The lowest BCUT2D eigenvalue weighted by Gasteiger charge is -2.12. The van der Waals surface area contributed by atoms with E-state index in [1.54, 1.807) is 50.2 Å². The quantitative estimate of drug-likeness (QED) is 0.464. The lowest BCUT2D eigenvalue weighted by Crippen LogP contribution is -2.22. The molecule has 3 aromatic rings. The van der Waals surface area contributed by atoms with Crippen LogP contribution in [0, 0.1) is 6.92 Å². The third kappa shape index (κ3) is 3.14. The Labute approximate surface area is 198 Å². The second kappa shape index (κ2) is 7.39. The zero-order valence-electron chi connectivity index (χ0n) is 18.7. The van der Waals surface area contributed by atoms with Crippen LogP contribution in [-0.4, -0.2) is 33.3 Å². The first kappa shape index (κ1) is 20.8. The molecular formula is C25H18N4O6. The SMILES string of the molecule is CC1=NN(c2ccc3c(c2)COC3=O)C(=O)/C1=C\c1c(C)[nH]n(-c2ccc3c(c2)COC3=O)c1=O. The van der Waals surface area contributed by atoms with E-state index in [0.29, 0.717) is 50.6 Å². The number of carbonyl (C=O) groups excluding carboxylic acids is 3. The van der Waals surface area contributed by atoms with Crippen molar-refractivity contribution < 1.29 is 23.9 Å². The van der Waals surface area contributed by atoms with Crippen LogP contribution in [-0.2, 0) is 27.5 Å². The molecule has 0 aliphatic carbocycles. The topological polar surface area (TPSA) is 123 Å². The monoisotopic (exact) mass is 470 g/mol. The summed E-state index contributed by atoms with van der Waals surface area (Å²) in [6.07, 6.45) is 1.53. The highest BCUT2D eigenvalue weighted by Gasteiger charge is 2.31. The van der Waals surface area contributed by atoms with Gasteiger partial charge in [0.1, 0.15) is 13.2 Å². The third-order valence-corrected chi connectivity index (χ3v) is 6.31. The van der Waals surface area contributed by atoms with Crippen molar-refractivity contribution in [2.75, 3.05) is 5.01 Å². The number of benzene rings is 2. The van der Waals surface area contributed by atoms with Crippen molar-refractivity contribution in [1.29, 1.82) is 0 Å². The highest BCUT2D eigenvalue weighted by atomic mass is 16.5. The summed E-state index contributed by atoms with van der Waals surface area (Å²) < 4.78 is 11.4. The van der Waals surface area contributed by atoms with Crippen molar-refractivity contribution in [2.45, 2.75) is 27.1 Å². The van der Waals surface area contributed by atoms with Crippen molar-refractivity contribution in [3.63, 3.8) is 0 Å². The van der Waals surface area contributed by atoms with E-state index in [4.69, 9.17) is 9.47 Å². The van der Waals surface area contributed by atoms with Crippen LogP contribution < -0.4 is 10.6 Å². The molecule has 1 N–H and O–H groups in total. The summed E-state index contributed by atoms with van der Waals surface area (Å²) in [6.45, 7) is 3.75. The molecular weight excluding hydrogens is 452 g/mol. The summed E-state index contributed by atoms with van der Waals surface area (Å²) in [5.41, 5.74) is 4.72. The fourth-order valence-electron chi connectivity index (χ4n) is 4.43. The Morgan fingerprint density at radius 2 is 1.49 bits per heavy atom. The number of hydrazone groups is 1. The number of ether oxygens (including phenoxy) is 2. The Bertz CT molecular complexity index is 1610. The highest BCUT2D eigenvalue weighted by Crippen LogP contribution is 2.30. The van der Waals surface area contributed by atoms with Crippen LogP contribution in [0.3, 0.4) is 0 Å². The largest absolute Gasteiger partial charge is 0.457 e. The number of aromatic amines is 1. The molecule has 1 amide bonds. The van der Waals surface area contributed by atoms with Crippen LogP contribution in [0.4, 0.5) is 5.69 Å². The predicted octanol–water partition coefficient (Wildman–Crippen LogP) is 2.62. The van der Waals surface area contributed by atoms with Gasteiger partial charge in [0.25, 0.3) is 11.5 Å². The molecule has 0 atom stereocenters. The summed E-state index contributed by atoms with van der Waals surface area (Å²) in [7, 11) is 0. The van der Waals surface area contributed by atoms with Crippen molar-refractivity contribution in [1.82, 2.24) is 9.78 Å². The molecule has 0 spiro atoms. The van der Waals surface area contributed by atoms with Crippen molar-refractivity contribution in [2.24, 2.45) is 5.10 Å². The molecule has 6 rings (SSSR count). The number of amides is 1. The van der Waals surface area contributed by atoms with Gasteiger partial charge in [-0.1, -0.05) is 0 Å². The third-order valence-electron chi connectivity index (χ3n) is 6.31. The van der Waals surface area contributed by atoms with Crippen LogP contribution in [0.1, 0.15) is 50.0 Å². The van der Waals surface area contributed by atoms with Crippen LogP contribution >= 0.6 is 0 Å². The fourth-order valence-corrected chi connectivity index (χ4v) is 4.43. The number of rotatable bonds is 3. The van der Waals surface area contributed by atoms with Gasteiger partial charge in [-0.15, -0.1) is 0 Å². The van der Waals surface area contributed by atoms with Crippen LogP contribution in [0.15, 0.2) is 51.9 Å². The van der Waals surface area contributed by atoms with Crippen LogP contribution in [0.5, 0.6) is 0 Å². The average Bonchev–Trinajstić information content (AvgIpc) is 3.56. The molecule has 3 aliphatic heterocycles. The zero-order chi connectivity index (χ0) is 24.4. The number of aromatic nitrogens is 2. The normalized spacial score (nSPS) is 17.5. The number of fused-ring (bicyclic) bond motifs is 2. The first-order chi connectivity index (χ1) is 16.8. The van der Waals surface area contributed by atoms with Gasteiger partial charge in [0.05, 0.1) is 39.3 Å². The van der Waals surface area contributed by atoms with Crippen molar-refractivity contribution >= 4 is 35.3 Å². The van der Waals surface area contributed by atoms with Crippen LogP contribution in [0.2, 0.25) is 0 Å². The Kier molecular flexibility index (Phi) is 4.40. The van der Waals surface area contributed by atoms with E-state index in [1.165, 1.54) is 15.8 Å². The summed E-state index contributed by atoms with van der Waals surface area (Å²) in [4.78, 5) is 49.9. The standard InChI is InChI=1S/C25H18N4O6/c1-12-20(22(30)28(26-12)16-3-5-18-14(7-16)10-34-24(18)32)9-21-13(2)27-29(23(21)31)17-4-6-19-15(8-17)11-35-25(19)33/h3-9,26H,10-11H2,1-2H3/b21-9-. The maximum atomic E-state index is 13.2. The van der Waals surface area contributed by atoms with Gasteiger partial charge in [0.15, 0.2) is 0 Å². The number of hydrogen-bond donors (Lipinski definition) is 1. The lowest BCUT2D eigenvalue weighted by atomic mass is 10.1. The Balaban J connectivity index is 1.35. The van der Waals surface area contributed by atoms with Crippen LogP contribution in [0.25, 0.3) is 11.8 Å². The molecule has 174 valence electrons. The number of hydrogen-bond acceptors (Lipinski definition) is 7. The zero-order valence-corrected chi connectivity index (χ0v) is 18.7. The van der Waals surface area contributed by atoms with E-state index >= 15 is 0 Å². The van der Waals surface area contributed by atoms with Gasteiger partial charge < -0.3 is 9.47 Å². The van der Waals surface area contributed by atoms with Crippen molar-refractivity contribution in [3.8, 4) is 5.69 Å².